The highest BCUT2D eigenvalue weighted by atomic mass is 35.5. The first-order chi connectivity index (χ1) is 8.30. The van der Waals surface area contributed by atoms with Crippen LogP contribution < -0.4 is 5.73 Å². The molecule has 1 fully saturated rings. The van der Waals surface area contributed by atoms with Gasteiger partial charge < -0.3 is 5.73 Å². The number of hydrogen-bond donors (Lipinski definition) is 1. The fourth-order valence-corrected chi connectivity index (χ4v) is 5.71. The number of sulfonamides is 1. The van der Waals surface area contributed by atoms with Gasteiger partial charge in [-0.3, -0.25) is 0 Å². The minimum absolute atomic E-state index is 0.0833. The van der Waals surface area contributed by atoms with E-state index in [9.17, 15) is 8.42 Å². The molecule has 2 unspecified atom stereocenters. The molecule has 18 heavy (non-hydrogen) atoms. The van der Waals surface area contributed by atoms with E-state index in [-0.39, 0.29) is 6.04 Å². The summed E-state index contributed by atoms with van der Waals surface area (Å²) in [4.78, 5) is 0. The Morgan fingerprint density at radius 2 is 2.17 bits per heavy atom. The zero-order valence-corrected chi connectivity index (χ0v) is 12.8. The summed E-state index contributed by atoms with van der Waals surface area (Å²) in [6.07, 6.45) is 0.871. The predicted octanol–water partition coefficient (Wildman–Crippen LogP) is 2.07. The summed E-state index contributed by atoms with van der Waals surface area (Å²) in [6.45, 7) is 4.75. The second-order valence-corrected chi connectivity index (χ2v) is 8.76. The van der Waals surface area contributed by atoms with Crippen molar-refractivity contribution >= 4 is 33.0 Å². The maximum atomic E-state index is 12.5. The summed E-state index contributed by atoms with van der Waals surface area (Å²) in [6, 6.07) is 1.55. The average Bonchev–Trinajstić information content (AvgIpc) is 2.58. The minimum atomic E-state index is -3.44. The van der Waals surface area contributed by atoms with Crippen LogP contribution in [0.3, 0.4) is 0 Å². The van der Waals surface area contributed by atoms with Gasteiger partial charge in [0.1, 0.15) is 4.21 Å². The first kappa shape index (κ1) is 14.3. The van der Waals surface area contributed by atoms with Crippen LogP contribution in [0.15, 0.2) is 10.3 Å². The number of nitrogens with two attached hydrogens (primary N) is 1. The van der Waals surface area contributed by atoms with Crippen LogP contribution >= 0.6 is 22.9 Å². The molecular weight excluding hydrogens is 292 g/mol. The number of thiophene rings is 1. The topological polar surface area (TPSA) is 63.4 Å². The summed E-state index contributed by atoms with van der Waals surface area (Å²) in [5.41, 5.74) is 6.70. The third-order valence-corrected chi connectivity index (χ3v) is 6.92. The summed E-state index contributed by atoms with van der Waals surface area (Å²) >= 11 is 7.05. The van der Waals surface area contributed by atoms with Crippen molar-refractivity contribution in [3.05, 3.63) is 16.0 Å². The van der Waals surface area contributed by atoms with Crippen LogP contribution in [0.4, 0.5) is 0 Å². The fourth-order valence-electron chi connectivity index (χ4n) is 2.23. The van der Waals surface area contributed by atoms with Crippen molar-refractivity contribution < 1.29 is 8.42 Å². The van der Waals surface area contributed by atoms with E-state index >= 15 is 0 Å². The summed E-state index contributed by atoms with van der Waals surface area (Å²) in [5.74, 6) is 0.292. The number of hydrogen-bond acceptors (Lipinski definition) is 4. The Labute approximate surface area is 117 Å². The SMILES string of the molecule is Cc1cc(S(=O)(=O)N2CC(C)CC(N)C2)sc1Cl. The molecule has 0 spiro atoms. The molecule has 1 saturated heterocycles. The molecule has 1 aromatic rings. The molecule has 2 heterocycles. The second-order valence-electron chi connectivity index (χ2n) is 4.95. The van der Waals surface area contributed by atoms with E-state index in [0.29, 0.717) is 27.6 Å². The first-order valence-electron chi connectivity index (χ1n) is 5.82. The van der Waals surface area contributed by atoms with Crippen molar-refractivity contribution in [2.45, 2.75) is 30.5 Å². The van der Waals surface area contributed by atoms with Gasteiger partial charge in [-0.15, -0.1) is 11.3 Å². The number of nitrogens with zero attached hydrogens (tertiary/aromatic N) is 1. The first-order valence-corrected chi connectivity index (χ1v) is 8.46. The second kappa shape index (κ2) is 5.09. The third-order valence-electron chi connectivity index (χ3n) is 3.09. The van der Waals surface area contributed by atoms with E-state index in [1.165, 1.54) is 4.31 Å². The van der Waals surface area contributed by atoms with Crippen LogP contribution in [0, 0.1) is 12.8 Å². The van der Waals surface area contributed by atoms with Gasteiger partial charge in [-0.2, -0.15) is 4.31 Å². The molecule has 7 heteroatoms. The maximum absolute atomic E-state index is 12.5. The smallest absolute Gasteiger partial charge is 0.252 e. The molecule has 1 aliphatic rings. The molecule has 1 aromatic heterocycles. The predicted molar refractivity (Wildman–Crippen MR) is 74.6 cm³/mol. The van der Waals surface area contributed by atoms with E-state index in [4.69, 9.17) is 17.3 Å². The molecule has 0 aliphatic carbocycles. The lowest BCUT2D eigenvalue weighted by atomic mass is 9.99. The molecule has 1 aliphatic heterocycles. The fraction of sp³-hybridized carbons (Fsp3) is 0.636. The Kier molecular flexibility index (Phi) is 4.04. The number of aryl methyl sites for hydroxylation is 1. The van der Waals surface area contributed by atoms with Crippen LogP contribution in [-0.2, 0) is 10.0 Å². The lowest BCUT2D eigenvalue weighted by molar-refractivity contribution is 0.255. The molecule has 2 N–H and O–H groups in total. The van der Waals surface area contributed by atoms with Crippen LogP contribution in [0.25, 0.3) is 0 Å². The highest BCUT2D eigenvalue weighted by Crippen LogP contribution is 2.33. The summed E-state index contributed by atoms with van der Waals surface area (Å²) in [7, 11) is -3.44. The lowest BCUT2D eigenvalue weighted by Crippen LogP contribution is -2.48. The van der Waals surface area contributed by atoms with Crippen LogP contribution in [-0.4, -0.2) is 31.9 Å². The summed E-state index contributed by atoms with van der Waals surface area (Å²) in [5, 5.41) is 0. The minimum Gasteiger partial charge on any atom is -0.326 e. The number of rotatable bonds is 2. The third kappa shape index (κ3) is 2.72. The van der Waals surface area contributed by atoms with Crippen LogP contribution in [0.2, 0.25) is 4.34 Å². The quantitative estimate of drug-likeness (QED) is 0.909. The van der Waals surface area contributed by atoms with Crippen molar-refractivity contribution in [2.75, 3.05) is 13.1 Å². The molecule has 4 nitrogen and oxygen atoms in total. The molecular formula is C11H17ClN2O2S2. The Balaban J connectivity index is 2.30. The van der Waals surface area contributed by atoms with Gasteiger partial charge in [0.15, 0.2) is 0 Å². The molecule has 102 valence electrons. The Bertz CT molecular complexity index is 512. The van der Waals surface area contributed by atoms with E-state index < -0.39 is 10.0 Å². The molecule has 0 saturated carbocycles. The zero-order chi connectivity index (χ0) is 13.5. The van der Waals surface area contributed by atoms with Crippen LogP contribution in [0.1, 0.15) is 18.9 Å². The van der Waals surface area contributed by atoms with Gasteiger partial charge in [0, 0.05) is 19.1 Å². The Morgan fingerprint density at radius 1 is 1.50 bits per heavy atom. The molecule has 0 bridgehead atoms. The molecule has 2 atom stereocenters. The van der Waals surface area contributed by atoms with E-state index in [1.54, 1.807) is 6.07 Å². The average molecular weight is 309 g/mol. The number of piperidine rings is 1. The molecule has 0 aromatic carbocycles. The van der Waals surface area contributed by atoms with Gasteiger partial charge >= 0.3 is 0 Å². The monoisotopic (exact) mass is 308 g/mol. The van der Waals surface area contributed by atoms with Crippen molar-refractivity contribution in [3.63, 3.8) is 0 Å². The molecule has 0 amide bonds. The standard InChI is InChI=1S/C11H17ClN2O2S2/c1-7-3-9(13)6-14(5-7)18(15,16)10-4-8(2)11(12)17-10/h4,7,9H,3,5-6,13H2,1-2H3. The number of halogens is 1. The molecule has 2 rings (SSSR count). The van der Waals surface area contributed by atoms with Crippen molar-refractivity contribution in [1.82, 2.24) is 4.31 Å². The highest BCUT2D eigenvalue weighted by Gasteiger charge is 2.33. The highest BCUT2D eigenvalue weighted by molar-refractivity contribution is 7.91. The van der Waals surface area contributed by atoms with Gasteiger partial charge in [0.25, 0.3) is 10.0 Å². The van der Waals surface area contributed by atoms with E-state index in [2.05, 4.69) is 0 Å². The van der Waals surface area contributed by atoms with Gasteiger partial charge in [-0.05, 0) is 30.9 Å². The van der Waals surface area contributed by atoms with Crippen molar-refractivity contribution in [1.29, 1.82) is 0 Å². The van der Waals surface area contributed by atoms with Crippen molar-refractivity contribution in [3.8, 4) is 0 Å². The van der Waals surface area contributed by atoms with E-state index in [0.717, 1.165) is 23.3 Å². The van der Waals surface area contributed by atoms with E-state index in [1.807, 2.05) is 13.8 Å². The Hall–Kier alpha value is -0.140. The summed E-state index contributed by atoms with van der Waals surface area (Å²) < 4.78 is 27.3. The van der Waals surface area contributed by atoms with Gasteiger partial charge in [0.05, 0.1) is 4.34 Å². The Morgan fingerprint density at radius 3 is 2.67 bits per heavy atom. The van der Waals surface area contributed by atoms with Crippen molar-refractivity contribution in [2.24, 2.45) is 11.7 Å². The van der Waals surface area contributed by atoms with Gasteiger partial charge in [0.2, 0.25) is 0 Å². The largest absolute Gasteiger partial charge is 0.326 e. The van der Waals surface area contributed by atoms with Gasteiger partial charge in [-0.1, -0.05) is 18.5 Å². The zero-order valence-electron chi connectivity index (χ0n) is 10.4. The van der Waals surface area contributed by atoms with Gasteiger partial charge in [-0.25, -0.2) is 8.42 Å². The lowest BCUT2D eigenvalue weighted by Gasteiger charge is -2.33. The maximum Gasteiger partial charge on any atom is 0.252 e. The van der Waals surface area contributed by atoms with Crippen LogP contribution in [0.5, 0.6) is 0 Å². The normalized spacial score (nSPS) is 26.4. The molecule has 0 radical (unpaired) electrons.